The third-order valence-corrected chi connectivity index (χ3v) is 2.27. The summed E-state index contributed by atoms with van der Waals surface area (Å²) < 4.78 is 0. The van der Waals surface area contributed by atoms with Crippen LogP contribution < -0.4 is 0 Å². The predicted molar refractivity (Wildman–Crippen MR) is 44.1 cm³/mol. The number of rotatable bonds is 1. The van der Waals surface area contributed by atoms with Crippen molar-refractivity contribution in [3.05, 3.63) is 12.2 Å². The minimum atomic E-state index is -0.125. The first kappa shape index (κ1) is 8.75. The highest BCUT2D eigenvalue weighted by molar-refractivity contribution is 5.06. The van der Waals surface area contributed by atoms with Crippen LogP contribution in [-0.2, 0) is 0 Å². The molecule has 2 atom stereocenters. The average molecular weight is 156 g/mol. The zero-order chi connectivity index (χ0) is 8.10. The molecule has 0 aromatic carbocycles. The number of hydrogen-bond acceptors (Lipinski definition) is 2. The van der Waals surface area contributed by atoms with E-state index in [1.807, 2.05) is 0 Å². The Bertz CT molecular complexity index is 118. The molecular formula is C9H16O2. The molecule has 0 aromatic heterocycles. The summed E-state index contributed by atoms with van der Waals surface area (Å²) in [5.41, 5.74) is 0. The lowest BCUT2D eigenvalue weighted by Gasteiger charge is -1.96. The maximum Gasteiger partial charge on any atom is 0.0662 e. The van der Waals surface area contributed by atoms with Gasteiger partial charge in [0.25, 0.3) is 0 Å². The molecule has 0 amide bonds. The van der Waals surface area contributed by atoms with Crippen LogP contribution in [0.4, 0.5) is 0 Å². The van der Waals surface area contributed by atoms with Crippen molar-refractivity contribution in [2.24, 2.45) is 11.8 Å². The van der Waals surface area contributed by atoms with Gasteiger partial charge in [-0.1, -0.05) is 12.2 Å². The molecule has 2 aliphatic carbocycles. The predicted octanol–water partition coefficient (Wildman–Crippen LogP) is 0.944. The van der Waals surface area contributed by atoms with Crippen LogP contribution in [-0.4, -0.2) is 23.4 Å². The molecule has 11 heavy (non-hydrogen) atoms. The zero-order valence-corrected chi connectivity index (χ0v) is 6.74. The van der Waals surface area contributed by atoms with Crippen LogP contribution in [0.1, 0.15) is 19.3 Å². The lowest BCUT2D eigenvalue weighted by atomic mass is 10.1. The second kappa shape index (κ2) is 4.52. The van der Waals surface area contributed by atoms with E-state index in [0.29, 0.717) is 0 Å². The smallest absolute Gasteiger partial charge is 0.0662 e. The number of aliphatic hydroxyl groups is 2. The molecule has 2 heteroatoms. The average Bonchev–Trinajstić information content (AvgIpc) is 2.67. The number of allylic oxidation sites excluding steroid dienone is 2. The van der Waals surface area contributed by atoms with Gasteiger partial charge in [0.05, 0.1) is 13.2 Å². The summed E-state index contributed by atoms with van der Waals surface area (Å²) in [6, 6.07) is 0. The van der Waals surface area contributed by atoms with Gasteiger partial charge in [-0.05, 0) is 31.1 Å². The largest absolute Gasteiger partial charge is 0.394 e. The minimum Gasteiger partial charge on any atom is -0.394 e. The van der Waals surface area contributed by atoms with Crippen LogP contribution in [0.2, 0.25) is 0 Å². The summed E-state index contributed by atoms with van der Waals surface area (Å²) in [6.45, 7) is -0.250. The summed E-state index contributed by atoms with van der Waals surface area (Å²) in [4.78, 5) is 0. The molecule has 2 nitrogen and oxygen atoms in total. The van der Waals surface area contributed by atoms with Gasteiger partial charge in [0.1, 0.15) is 0 Å². The molecule has 1 fully saturated rings. The highest BCUT2D eigenvalue weighted by Gasteiger charge is 2.25. The van der Waals surface area contributed by atoms with Crippen LogP contribution in [0.5, 0.6) is 0 Å². The third-order valence-electron chi connectivity index (χ3n) is 2.27. The maximum atomic E-state index is 7.62. The topological polar surface area (TPSA) is 40.5 Å². The SMILES string of the molecule is C1=CC2CCC1C2.OCCO. The molecule has 2 N–H and O–H groups in total. The quantitative estimate of drug-likeness (QED) is 0.555. The molecule has 0 radical (unpaired) electrons. The van der Waals surface area contributed by atoms with Crippen molar-refractivity contribution in [3.63, 3.8) is 0 Å². The Morgan fingerprint density at radius 2 is 1.45 bits per heavy atom. The van der Waals surface area contributed by atoms with E-state index < -0.39 is 0 Å². The highest BCUT2D eigenvalue weighted by atomic mass is 16.3. The van der Waals surface area contributed by atoms with E-state index in [-0.39, 0.29) is 13.2 Å². The molecule has 2 unspecified atom stereocenters. The van der Waals surface area contributed by atoms with E-state index in [0.717, 1.165) is 11.8 Å². The first-order chi connectivity index (χ1) is 5.36. The molecule has 1 saturated carbocycles. The molecule has 2 rings (SSSR count). The molecule has 0 aromatic rings. The minimum absolute atomic E-state index is 0.125. The van der Waals surface area contributed by atoms with Crippen LogP contribution >= 0.6 is 0 Å². The normalized spacial score (nSPS) is 31.8. The molecule has 64 valence electrons. The van der Waals surface area contributed by atoms with Gasteiger partial charge in [0, 0.05) is 0 Å². The fraction of sp³-hybridized carbons (Fsp3) is 0.778. The fourth-order valence-electron chi connectivity index (χ4n) is 1.72. The number of fused-ring (bicyclic) bond motifs is 2. The summed E-state index contributed by atoms with van der Waals surface area (Å²) in [6.07, 6.45) is 9.19. The Hall–Kier alpha value is -0.340. The van der Waals surface area contributed by atoms with E-state index in [4.69, 9.17) is 10.2 Å². The Labute approximate surface area is 67.6 Å². The van der Waals surface area contributed by atoms with Gasteiger partial charge in [-0.3, -0.25) is 0 Å². The molecule has 0 heterocycles. The standard InChI is InChI=1S/C7H10.C2H6O2/c1-2-7-4-3-6(1)5-7;3-1-2-4/h1-2,6-7H,3-5H2;3-4H,1-2H2. The Morgan fingerprint density at radius 3 is 1.55 bits per heavy atom. The van der Waals surface area contributed by atoms with Gasteiger partial charge in [-0.2, -0.15) is 0 Å². The lowest BCUT2D eigenvalue weighted by Crippen LogP contribution is -1.85. The van der Waals surface area contributed by atoms with E-state index in [1.54, 1.807) is 0 Å². The van der Waals surface area contributed by atoms with Crippen molar-refractivity contribution in [1.82, 2.24) is 0 Å². The molecule has 2 bridgehead atoms. The van der Waals surface area contributed by atoms with Crippen LogP contribution in [0.15, 0.2) is 12.2 Å². The zero-order valence-electron chi connectivity index (χ0n) is 6.74. The summed E-state index contributed by atoms with van der Waals surface area (Å²) >= 11 is 0. The van der Waals surface area contributed by atoms with Gasteiger partial charge in [0.2, 0.25) is 0 Å². The molecule has 2 aliphatic rings. The van der Waals surface area contributed by atoms with Gasteiger partial charge >= 0.3 is 0 Å². The highest BCUT2D eigenvalue weighted by Crippen LogP contribution is 2.38. The lowest BCUT2D eigenvalue weighted by molar-refractivity contribution is 0.186. The molecule has 0 aliphatic heterocycles. The second-order valence-electron chi connectivity index (χ2n) is 3.17. The first-order valence-corrected chi connectivity index (χ1v) is 4.27. The molecule has 0 saturated heterocycles. The van der Waals surface area contributed by atoms with Crippen LogP contribution in [0.25, 0.3) is 0 Å². The van der Waals surface area contributed by atoms with E-state index >= 15 is 0 Å². The van der Waals surface area contributed by atoms with Crippen molar-refractivity contribution in [2.75, 3.05) is 13.2 Å². The second-order valence-corrected chi connectivity index (χ2v) is 3.17. The van der Waals surface area contributed by atoms with Gasteiger partial charge in [0.15, 0.2) is 0 Å². The van der Waals surface area contributed by atoms with E-state index in [9.17, 15) is 0 Å². The van der Waals surface area contributed by atoms with Crippen LogP contribution in [0.3, 0.4) is 0 Å². The van der Waals surface area contributed by atoms with Crippen molar-refractivity contribution < 1.29 is 10.2 Å². The van der Waals surface area contributed by atoms with Crippen molar-refractivity contribution >= 4 is 0 Å². The van der Waals surface area contributed by atoms with Crippen molar-refractivity contribution in [1.29, 1.82) is 0 Å². The molecular weight excluding hydrogens is 140 g/mol. The molecule has 0 spiro atoms. The van der Waals surface area contributed by atoms with Crippen LogP contribution in [0, 0.1) is 11.8 Å². The number of hydrogen-bond donors (Lipinski definition) is 2. The first-order valence-electron chi connectivity index (χ1n) is 4.27. The van der Waals surface area contributed by atoms with Gasteiger partial charge in [-0.15, -0.1) is 0 Å². The van der Waals surface area contributed by atoms with E-state index in [2.05, 4.69) is 12.2 Å². The van der Waals surface area contributed by atoms with Gasteiger partial charge in [-0.25, -0.2) is 0 Å². The number of aliphatic hydroxyl groups excluding tert-OH is 2. The van der Waals surface area contributed by atoms with E-state index in [1.165, 1.54) is 19.3 Å². The van der Waals surface area contributed by atoms with Crippen molar-refractivity contribution in [2.45, 2.75) is 19.3 Å². The summed E-state index contributed by atoms with van der Waals surface area (Å²) in [5.74, 6) is 1.98. The fourth-order valence-corrected chi connectivity index (χ4v) is 1.72. The van der Waals surface area contributed by atoms with Gasteiger partial charge < -0.3 is 10.2 Å². The maximum absolute atomic E-state index is 7.62. The monoisotopic (exact) mass is 156 g/mol. The Kier molecular flexibility index (Phi) is 3.60. The Balaban J connectivity index is 0.000000134. The summed E-state index contributed by atoms with van der Waals surface area (Å²) in [5, 5.41) is 15.2. The Morgan fingerprint density at radius 1 is 1.00 bits per heavy atom. The van der Waals surface area contributed by atoms with Crippen molar-refractivity contribution in [3.8, 4) is 0 Å². The third kappa shape index (κ3) is 2.64. The summed E-state index contributed by atoms with van der Waals surface area (Å²) in [7, 11) is 0.